The van der Waals surface area contributed by atoms with Gasteiger partial charge >= 0.3 is 0 Å². The summed E-state index contributed by atoms with van der Waals surface area (Å²) in [5, 5.41) is 3.45. The van der Waals surface area contributed by atoms with Gasteiger partial charge in [-0.1, -0.05) is 11.6 Å². The van der Waals surface area contributed by atoms with Crippen molar-refractivity contribution in [1.82, 2.24) is 0 Å². The van der Waals surface area contributed by atoms with Gasteiger partial charge in [0.15, 0.2) is 11.5 Å². The summed E-state index contributed by atoms with van der Waals surface area (Å²) < 4.78 is 10.4. The molecule has 0 saturated carbocycles. The monoisotopic (exact) mass is 337 g/mol. The van der Waals surface area contributed by atoms with E-state index < -0.39 is 0 Å². The van der Waals surface area contributed by atoms with Gasteiger partial charge in [-0.25, -0.2) is 0 Å². The third kappa shape index (κ3) is 4.58. The second-order valence-corrected chi connectivity index (χ2v) is 5.85. The smallest absolute Gasteiger partial charge is 0.234 e. The van der Waals surface area contributed by atoms with Crippen LogP contribution in [-0.4, -0.2) is 25.9 Å². The van der Waals surface area contributed by atoms with Gasteiger partial charge in [-0.2, -0.15) is 0 Å². The lowest BCUT2D eigenvalue weighted by Gasteiger charge is -2.09. The fourth-order valence-corrected chi connectivity index (χ4v) is 2.64. The molecule has 4 nitrogen and oxygen atoms in total. The van der Waals surface area contributed by atoms with Gasteiger partial charge in [0, 0.05) is 15.6 Å². The van der Waals surface area contributed by atoms with Crippen molar-refractivity contribution in [1.29, 1.82) is 0 Å². The Morgan fingerprint density at radius 2 is 1.77 bits per heavy atom. The molecule has 0 aromatic heterocycles. The predicted octanol–water partition coefficient (Wildman–Crippen LogP) is 4.09. The van der Waals surface area contributed by atoms with Crippen molar-refractivity contribution < 1.29 is 14.3 Å². The molecule has 22 heavy (non-hydrogen) atoms. The molecule has 6 heteroatoms. The van der Waals surface area contributed by atoms with E-state index in [9.17, 15) is 4.79 Å². The molecule has 1 N–H and O–H groups in total. The van der Waals surface area contributed by atoms with Crippen LogP contribution in [0.4, 0.5) is 5.69 Å². The number of halogens is 1. The molecule has 0 radical (unpaired) electrons. The second-order valence-electron chi connectivity index (χ2n) is 4.36. The van der Waals surface area contributed by atoms with Crippen molar-refractivity contribution in [2.45, 2.75) is 4.90 Å². The van der Waals surface area contributed by atoms with E-state index in [4.69, 9.17) is 21.1 Å². The fraction of sp³-hybridized carbons (Fsp3) is 0.188. The fourth-order valence-electron chi connectivity index (χ4n) is 1.79. The molecule has 116 valence electrons. The van der Waals surface area contributed by atoms with Gasteiger partial charge in [0.1, 0.15) is 0 Å². The van der Waals surface area contributed by atoms with Crippen LogP contribution in [0.15, 0.2) is 47.4 Å². The van der Waals surface area contributed by atoms with E-state index in [1.54, 1.807) is 38.5 Å². The van der Waals surface area contributed by atoms with Gasteiger partial charge in [-0.15, -0.1) is 11.8 Å². The highest BCUT2D eigenvalue weighted by Gasteiger charge is 2.07. The topological polar surface area (TPSA) is 47.6 Å². The molecule has 0 fully saturated rings. The van der Waals surface area contributed by atoms with Crippen molar-refractivity contribution in [2.75, 3.05) is 25.3 Å². The van der Waals surface area contributed by atoms with Crippen molar-refractivity contribution >= 4 is 35.0 Å². The Bertz CT molecular complexity index is 646. The minimum absolute atomic E-state index is 0.0814. The Labute approximate surface area is 138 Å². The Kier molecular flexibility index (Phi) is 5.98. The highest BCUT2D eigenvalue weighted by atomic mass is 35.5. The predicted molar refractivity (Wildman–Crippen MR) is 90.4 cm³/mol. The zero-order valence-corrected chi connectivity index (χ0v) is 13.8. The highest BCUT2D eigenvalue weighted by molar-refractivity contribution is 8.00. The van der Waals surface area contributed by atoms with Crippen molar-refractivity contribution in [2.24, 2.45) is 0 Å². The molecule has 0 aliphatic carbocycles. The highest BCUT2D eigenvalue weighted by Crippen LogP contribution is 2.31. The van der Waals surface area contributed by atoms with Crippen LogP contribution in [0.25, 0.3) is 0 Å². The van der Waals surface area contributed by atoms with Crippen LogP contribution >= 0.6 is 23.4 Å². The average Bonchev–Trinajstić information content (AvgIpc) is 2.54. The van der Waals surface area contributed by atoms with Gasteiger partial charge < -0.3 is 14.8 Å². The van der Waals surface area contributed by atoms with E-state index in [0.29, 0.717) is 22.3 Å². The first kappa shape index (κ1) is 16.5. The number of rotatable bonds is 6. The number of methoxy groups -OCH3 is 2. The molecule has 2 aromatic rings. The number of benzene rings is 2. The molecular formula is C16H16ClNO3S. The summed E-state index contributed by atoms with van der Waals surface area (Å²) >= 11 is 7.23. The number of carbonyl (C=O) groups is 1. The number of carbonyl (C=O) groups excluding carboxylic acids is 1. The standard InChI is InChI=1S/C16H16ClNO3S/c1-20-14-8-7-13(9-15(14)21-2)22-10-16(19)18-12-5-3-11(17)4-6-12/h3-9H,10H2,1-2H3,(H,18,19). The summed E-state index contributed by atoms with van der Waals surface area (Å²) in [6, 6.07) is 12.6. The molecule has 0 aliphatic heterocycles. The zero-order valence-electron chi connectivity index (χ0n) is 12.3. The van der Waals surface area contributed by atoms with Gasteiger partial charge in [-0.05, 0) is 42.5 Å². The maximum absolute atomic E-state index is 11.9. The lowest BCUT2D eigenvalue weighted by molar-refractivity contribution is -0.113. The quantitative estimate of drug-likeness (QED) is 0.806. The summed E-state index contributed by atoms with van der Waals surface area (Å²) in [7, 11) is 3.17. The van der Waals surface area contributed by atoms with Crippen LogP contribution in [0.3, 0.4) is 0 Å². The van der Waals surface area contributed by atoms with E-state index in [0.717, 1.165) is 10.6 Å². The lowest BCUT2D eigenvalue weighted by atomic mass is 10.3. The van der Waals surface area contributed by atoms with Crippen molar-refractivity contribution in [3.8, 4) is 11.5 Å². The SMILES string of the molecule is COc1ccc(SCC(=O)Nc2ccc(Cl)cc2)cc1OC. The third-order valence-electron chi connectivity index (χ3n) is 2.85. The van der Waals surface area contributed by atoms with Gasteiger partial charge in [-0.3, -0.25) is 4.79 Å². The first-order valence-corrected chi connectivity index (χ1v) is 7.89. The van der Waals surface area contributed by atoms with Gasteiger partial charge in [0.05, 0.1) is 20.0 Å². The van der Waals surface area contributed by atoms with Crippen molar-refractivity contribution in [3.05, 3.63) is 47.5 Å². The summed E-state index contributed by atoms with van der Waals surface area (Å²) in [5.74, 6) is 1.53. The minimum Gasteiger partial charge on any atom is -0.493 e. The molecule has 2 aromatic carbocycles. The molecule has 2 rings (SSSR count). The normalized spacial score (nSPS) is 10.1. The maximum atomic E-state index is 11.9. The van der Waals surface area contributed by atoms with E-state index in [-0.39, 0.29) is 5.91 Å². The van der Waals surface area contributed by atoms with Gasteiger partial charge in [0.25, 0.3) is 0 Å². The molecule has 0 saturated heterocycles. The number of hydrogen-bond donors (Lipinski definition) is 1. The Morgan fingerprint density at radius 3 is 2.41 bits per heavy atom. The molecule has 0 aliphatic rings. The molecule has 0 unspecified atom stereocenters. The lowest BCUT2D eigenvalue weighted by Crippen LogP contribution is -2.13. The van der Waals surface area contributed by atoms with E-state index in [1.807, 2.05) is 18.2 Å². The Hall–Kier alpha value is -1.85. The largest absolute Gasteiger partial charge is 0.493 e. The van der Waals surface area contributed by atoms with E-state index in [2.05, 4.69) is 5.32 Å². The minimum atomic E-state index is -0.0814. The average molecular weight is 338 g/mol. The summed E-state index contributed by atoms with van der Waals surface area (Å²) in [4.78, 5) is 12.9. The van der Waals surface area contributed by atoms with Crippen LogP contribution in [-0.2, 0) is 4.79 Å². The van der Waals surface area contributed by atoms with Crippen LogP contribution in [0.2, 0.25) is 5.02 Å². The van der Waals surface area contributed by atoms with Crippen molar-refractivity contribution in [3.63, 3.8) is 0 Å². The second kappa shape index (κ2) is 7.96. The first-order valence-electron chi connectivity index (χ1n) is 6.52. The Morgan fingerprint density at radius 1 is 1.09 bits per heavy atom. The van der Waals surface area contributed by atoms with E-state index in [1.165, 1.54) is 11.8 Å². The summed E-state index contributed by atoms with van der Waals surface area (Å²) in [5.41, 5.74) is 0.724. The van der Waals surface area contributed by atoms with Crippen LogP contribution < -0.4 is 14.8 Å². The maximum Gasteiger partial charge on any atom is 0.234 e. The molecule has 0 atom stereocenters. The zero-order chi connectivity index (χ0) is 15.9. The first-order chi connectivity index (χ1) is 10.6. The summed E-state index contributed by atoms with van der Waals surface area (Å²) in [6.45, 7) is 0. The molecular weight excluding hydrogens is 322 g/mol. The number of nitrogens with one attached hydrogen (secondary N) is 1. The van der Waals surface area contributed by atoms with E-state index >= 15 is 0 Å². The number of ether oxygens (including phenoxy) is 2. The number of hydrogen-bond acceptors (Lipinski definition) is 4. The van der Waals surface area contributed by atoms with Crippen LogP contribution in [0, 0.1) is 0 Å². The third-order valence-corrected chi connectivity index (χ3v) is 4.10. The van der Waals surface area contributed by atoms with Gasteiger partial charge in [0.2, 0.25) is 5.91 Å². The number of amides is 1. The molecule has 0 bridgehead atoms. The van der Waals surface area contributed by atoms with Crippen LogP contribution in [0.1, 0.15) is 0 Å². The molecule has 0 heterocycles. The molecule has 0 spiro atoms. The molecule has 1 amide bonds. The summed E-state index contributed by atoms with van der Waals surface area (Å²) in [6.07, 6.45) is 0. The number of thioether (sulfide) groups is 1. The van der Waals surface area contributed by atoms with Crippen LogP contribution in [0.5, 0.6) is 11.5 Å². The number of anilines is 1. The Balaban J connectivity index is 1.92.